The lowest BCUT2D eigenvalue weighted by atomic mass is 9.99. The van der Waals surface area contributed by atoms with Crippen molar-refractivity contribution in [2.24, 2.45) is 0 Å². The van der Waals surface area contributed by atoms with Crippen LogP contribution in [0.15, 0.2) is 36.4 Å². The van der Waals surface area contributed by atoms with E-state index < -0.39 is 27.1 Å². The first kappa shape index (κ1) is 16.6. The summed E-state index contributed by atoms with van der Waals surface area (Å²) in [4.78, 5) is 35.2. The lowest BCUT2D eigenvalue weighted by Crippen LogP contribution is -2.36. The van der Waals surface area contributed by atoms with Crippen molar-refractivity contribution in [1.82, 2.24) is 4.90 Å². The van der Waals surface area contributed by atoms with Gasteiger partial charge in [0.05, 0.1) is 15.4 Å². The molecule has 0 fully saturated rings. The zero-order valence-electron chi connectivity index (χ0n) is 13.5. The lowest BCUT2D eigenvalue weighted by Gasteiger charge is -2.28. The molecule has 0 unspecified atom stereocenters. The molecule has 8 nitrogen and oxygen atoms in total. The molecule has 3 rings (SSSR count). The molecule has 0 radical (unpaired) electrons. The van der Waals surface area contributed by atoms with Crippen LogP contribution >= 0.6 is 0 Å². The molecule has 8 heteroatoms. The van der Waals surface area contributed by atoms with Gasteiger partial charge in [0, 0.05) is 25.2 Å². The second-order valence-corrected chi connectivity index (χ2v) is 5.90. The Morgan fingerprint density at radius 3 is 2.16 bits per heavy atom. The molecule has 1 aliphatic heterocycles. The molecule has 128 valence electrons. The third-order valence-corrected chi connectivity index (χ3v) is 4.41. The molecule has 0 bridgehead atoms. The average molecular weight is 341 g/mol. The Morgan fingerprint density at radius 1 is 1.04 bits per heavy atom. The summed E-state index contributed by atoms with van der Waals surface area (Å²) < 4.78 is 0. The molecule has 0 N–H and O–H groups in total. The monoisotopic (exact) mass is 341 g/mol. The van der Waals surface area contributed by atoms with Crippen molar-refractivity contribution in [3.63, 3.8) is 0 Å². The second-order valence-electron chi connectivity index (χ2n) is 5.90. The average Bonchev–Trinajstić information content (AvgIpc) is 2.60. The van der Waals surface area contributed by atoms with E-state index in [-0.39, 0.29) is 11.1 Å². The first-order chi connectivity index (χ1) is 11.9. The summed E-state index contributed by atoms with van der Waals surface area (Å²) in [5, 5.41) is 22.3. The van der Waals surface area contributed by atoms with Gasteiger partial charge >= 0.3 is 0 Å². The first-order valence-electron chi connectivity index (χ1n) is 7.68. The maximum Gasteiger partial charge on any atom is 0.279 e. The highest BCUT2D eigenvalue weighted by Gasteiger charge is 2.28. The molecule has 0 aromatic heterocycles. The van der Waals surface area contributed by atoms with Crippen molar-refractivity contribution in [2.75, 3.05) is 6.54 Å². The first-order valence-corrected chi connectivity index (χ1v) is 7.68. The summed E-state index contributed by atoms with van der Waals surface area (Å²) in [6, 6.07) is 9.97. The number of benzene rings is 2. The summed E-state index contributed by atoms with van der Waals surface area (Å²) in [5.74, 6) is -0.444. The number of carbonyl (C=O) groups is 1. The smallest absolute Gasteiger partial charge is 0.279 e. The predicted molar refractivity (Wildman–Crippen MR) is 89.4 cm³/mol. The van der Waals surface area contributed by atoms with Gasteiger partial charge in [-0.05, 0) is 24.5 Å². The number of nitro benzene ring substituents is 2. The highest BCUT2D eigenvalue weighted by molar-refractivity contribution is 5.96. The lowest BCUT2D eigenvalue weighted by molar-refractivity contribution is -0.395. The molecule has 2 aromatic carbocycles. The van der Waals surface area contributed by atoms with Gasteiger partial charge in [-0.1, -0.05) is 24.3 Å². The third kappa shape index (κ3) is 3.06. The van der Waals surface area contributed by atoms with Crippen LogP contribution in [-0.4, -0.2) is 27.2 Å². The van der Waals surface area contributed by atoms with E-state index in [0.717, 1.165) is 23.3 Å². The Hall–Kier alpha value is -3.29. The molecule has 25 heavy (non-hydrogen) atoms. The highest BCUT2D eigenvalue weighted by atomic mass is 16.6. The normalized spacial score (nSPS) is 13.2. The van der Waals surface area contributed by atoms with Gasteiger partial charge in [-0.15, -0.1) is 0 Å². The Labute approximate surface area is 143 Å². The second kappa shape index (κ2) is 6.31. The van der Waals surface area contributed by atoms with Gasteiger partial charge in [0.1, 0.15) is 5.56 Å². The van der Waals surface area contributed by atoms with Gasteiger partial charge in [-0.25, -0.2) is 0 Å². The van der Waals surface area contributed by atoms with E-state index in [1.165, 1.54) is 6.92 Å². The highest BCUT2D eigenvalue weighted by Crippen LogP contribution is 2.30. The van der Waals surface area contributed by atoms with Crippen molar-refractivity contribution in [3.8, 4) is 0 Å². The summed E-state index contributed by atoms with van der Waals surface area (Å²) in [5.41, 5.74) is 1.23. The SMILES string of the molecule is Cc1c([N+](=O)[O-])cc(C(=O)N2CCc3ccccc3C2)cc1[N+](=O)[O-]. The van der Waals surface area contributed by atoms with Gasteiger partial charge in [-0.2, -0.15) is 0 Å². The van der Waals surface area contributed by atoms with Crippen LogP contribution in [-0.2, 0) is 13.0 Å². The molecule has 0 saturated heterocycles. The molecule has 0 saturated carbocycles. The largest absolute Gasteiger partial charge is 0.334 e. The minimum atomic E-state index is -0.704. The fraction of sp³-hybridized carbons (Fsp3) is 0.235. The molecule has 2 aromatic rings. The molecule has 0 spiro atoms. The third-order valence-electron chi connectivity index (χ3n) is 4.41. The van der Waals surface area contributed by atoms with Crippen LogP contribution in [0.5, 0.6) is 0 Å². The van der Waals surface area contributed by atoms with E-state index in [1.807, 2.05) is 24.3 Å². The molecule has 1 aliphatic rings. The van der Waals surface area contributed by atoms with Gasteiger partial charge in [0.2, 0.25) is 0 Å². The van der Waals surface area contributed by atoms with Crippen LogP contribution in [0.1, 0.15) is 27.0 Å². The van der Waals surface area contributed by atoms with E-state index in [1.54, 1.807) is 4.90 Å². The zero-order chi connectivity index (χ0) is 18.1. The van der Waals surface area contributed by atoms with E-state index in [9.17, 15) is 25.0 Å². The van der Waals surface area contributed by atoms with Crippen molar-refractivity contribution >= 4 is 17.3 Å². The number of hydrogen-bond donors (Lipinski definition) is 0. The summed E-state index contributed by atoms with van der Waals surface area (Å²) >= 11 is 0. The molecule has 0 atom stereocenters. The van der Waals surface area contributed by atoms with E-state index in [2.05, 4.69) is 0 Å². The summed E-state index contributed by atoms with van der Waals surface area (Å²) in [6.45, 7) is 2.15. The Morgan fingerprint density at radius 2 is 1.60 bits per heavy atom. The van der Waals surface area contributed by atoms with E-state index in [0.29, 0.717) is 19.5 Å². The molecular weight excluding hydrogens is 326 g/mol. The molecule has 1 amide bonds. The van der Waals surface area contributed by atoms with Crippen LogP contribution in [0.2, 0.25) is 0 Å². The fourth-order valence-corrected chi connectivity index (χ4v) is 3.04. The van der Waals surface area contributed by atoms with Crippen LogP contribution in [0.3, 0.4) is 0 Å². The number of carbonyl (C=O) groups excluding carboxylic acids is 1. The van der Waals surface area contributed by atoms with Crippen molar-refractivity contribution in [1.29, 1.82) is 0 Å². The van der Waals surface area contributed by atoms with Crippen molar-refractivity contribution in [3.05, 3.63) is 78.9 Å². The van der Waals surface area contributed by atoms with Gasteiger partial charge in [0.15, 0.2) is 0 Å². The molecule has 0 aliphatic carbocycles. The summed E-state index contributed by atoms with van der Waals surface area (Å²) in [7, 11) is 0. The maximum absolute atomic E-state index is 12.8. The Kier molecular flexibility index (Phi) is 4.18. The molecular formula is C17H15N3O5. The minimum Gasteiger partial charge on any atom is -0.334 e. The molecule has 1 heterocycles. The Balaban J connectivity index is 1.98. The maximum atomic E-state index is 12.8. The standard InChI is InChI=1S/C17H15N3O5/c1-11-15(19(22)23)8-14(9-16(11)20(24)25)17(21)18-7-6-12-4-2-3-5-13(12)10-18/h2-5,8-9H,6-7,10H2,1H3. The van der Waals surface area contributed by atoms with Crippen molar-refractivity contribution < 1.29 is 14.6 Å². The quantitative estimate of drug-likeness (QED) is 0.630. The van der Waals surface area contributed by atoms with Crippen LogP contribution in [0.4, 0.5) is 11.4 Å². The van der Waals surface area contributed by atoms with Gasteiger partial charge in [0.25, 0.3) is 17.3 Å². The van der Waals surface area contributed by atoms with Crippen LogP contribution < -0.4 is 0 Å². The van der Waals surface area contributed by atoms with Crippen LogP contribution in [0.25, 0.3) is 0 Å². The number of nitro groups is 2. The topological polar surface area (TPSA) is 107 Å². The number of hydrogen-bond acceptors (Lipinski definition) is 5. The number of nitrogens with zero attached hydrogens (tertiary/aromatic N) is 3. The van der Waals surface area contributed by atoms with Gasteiger partial charge in [-0.3, -0.25) is 25.0 Å². The van der Waals surface area contributed by atoms with Crippen LogP contribution in [0, 0.1) is 27.2 Å². The van der Waals surface area contributed by atoms with E-state index >= 15 is 0 Å². The predicted octanol–water partition coefficient (Wildman–Crippen LogP) is 3.01. The Bertz CT molecular complexity index is 859. The minimum absolute atomic E-state index is 0.0385. The zero-order valence-corrected chi connectivity index (χ0v) is 13.5. The van der Waals surface area contributed by atoms with Crippen molar-refractivity contribution in [2.45, 2.75) is 19.9 Å². The number of fused-ring (bicyclic) bond motifs is 1. The number of amides is 1. The fourth-order valence-electron chi connectivity index (χ4n) is 3.04. The number of rotatable bonds is 3. The van der Waals surface area contributed by atoms with E-state index in [4.69, 9.17) is 0 Å². The van der Waals surface area contributed by atoms with Gasteiger partial charge < -0.3 is 4.90 Å². The summed E-state index contributed by atoms with van der Waals surface area (Å²) in [6.07, 6.45) is 0.679.